The molecule has 0 aromatic heterocycles. The fourth-order valence-electron chi connectivity index (χ4n) is 3.82. The van der Waals surface area contributed by atoms with Crippen molar-refractivity contribution in [2.24, 2.45) is 5.92 Å². The van der Waals surface area contributed by atoms with Gasteiger partial charge in [-0.05, 0) is 37.8 Å². The van der Waals surface area contributed by atoms with E-state index < -0.39 is 5.97 Å². The highest BCUT2D eigenvalue weighted by atomic mass is 16.5. The van der Waals surface area contributed by atoms with Crippen molar-refractivity contribution >= 4 is 17.6 Å². The zero-order valence-corrected chi connectivity index (χ0v) is 15.2. The Bertz CT molecular complexity index is 620. The number of nitrogens with one attached hydrogen (secondary N) is 1. The van der Waals surface area contributed by atoms with E-state index in [-0.39, 0.29) is 18.4 Å². The lowest BCUT2D eigenvalue weighted by Crippen LogP contribution is -2.39. The molecule has 2 fully saturated rings. The molecule has 1 aromatic carbocycles. The zero-order chi connectivity index (χ0) is 18.4. The van der Waals surface area contributed by atoms with Crippen LogP contribution in [-0.4, -0.2) is 42.7 Å². The van der Waals surface area contributed by atoms with Crippen molar-refractivity contribution in [2.45, 2.75) is 51.0 Å². The Kier molecular flexibility index (Phi) is 6.36. The molecular weight excluding hydrogens is 332 g/mol. The molecule has 142 valence electrons. The van der Waals surface area contributed by atoms with Gasteiger partial charge in [-0.15, -0.1) is 0 Å². The van der Waals surface area contributed by atoms with Crippen LogP contribution in [-0.2, 0) is 9.59 Å². The first-order chi connectivity index (χ1) is 12.6. The maximum absolute atomic E-state index is 12.1. The minimum absolute atomic E-state index is 0.0288. The van der Waals surface area contributed by atoms with Gasteiger partial charge < -0.3 is 20.1 Å². The van der Waals surface area contributed by atoms with Gasteiger partial charge in [-0.3, -0.25) is 9.59 Å². The predicted octanol–water partition coefficient (Wildman–Crippen LogP) is 2.82. The van der Waals surface area contributed by atoms with Crippen LogP contribution >= 0.6 is 0 Å². The fraction of sp³-hybridized carbons (Fsp3) is 0.600. The van der Waals surface area contributed by atoms with Crippen LogP contribution in [0.15, 0.2) is 24.3 Å². The van der Waals surface area contributed by atoms with Crippen molar-refractivity contribution in [3.05, 3.63) is 24.3 Å². The summed E-state index contributed by atoms with van der Waals surface area (Å²) in [4.78, 5) is 25.3. The van der Waals surface area contributed by atoms with Gasteiger partial charge in [-0.2, -0.15) is 0 Å². The van der Waals surface area contributed by atoms with Gasteiger partial charge in [0.15, 0.2) is 6.61 Å². The molecular formula is C20H28N2O4. The number of carboxylic acids is 1. The fourth-order valence-corrected chi connectivity index (χ4v) is 3.82. The smallest absolute Gasteiger partial charge is 0.306 e. The van der Waals surface area contributed by atoms with Crippen LogP contribution in [0.1, 0.15) is 44.9 Å². The Morgan fingerprint density at radius 1 is 1.12 bits per heavy atom. The summed E-state index contributed by atoms with van der Waals surface area (Å²) in [6.45, 7) is 1.48. The van der Waals surface area contributed by atoms with E-state index in [2.05, 4.69) is 10.2 Å². The molecule has 1 amide bonds. The zero-order valence-electron chi connectivity index (χ0n) is 15.2. The van der Waals surface area contributed by atoms with Crippen molar-refractivity contribution in [1.82, 2.24) is 5.32 Å². The predicted molar refractivity (Wildman–Crippen MR) is 99.5 cm³/mol. The molecule has 3 rings (SSSR count). The van der Waals surface area contributed by atoms with Crippen molar-refractivity contribution in [3.63, 3.8) is 0 Å². The molecule has 1 heterocycles. The number of benzene rings is 1. The summed E-state index contributed by atoms with van der Waals surface area (Å²) in [5.41, 5.74) is 1.01. The van der Waals surface area contributed by atoms with E-state index in [1.54, 1.807) is 0 Å². The summed E-state index contributed by atoms with van der Waals surface area (Å²) in [5.74, 6) is -0.342. The molecule has 0 bridgehead atoms. The van der Waals surface area contributed by atoms with Gasteiger partial charge in [0.25, 0.3) is 5.91 Å². The van der Waals surface area contributed by atoms with Crippen LogP contribution in [0.2, 0.25) is 0 Å². The van der Waals surface area contributed by atoms with Gasteiger partial charge in [-0.1, -0.05) is 25.3 Å². The van der Waals surface area contributed by atoms with E-state index in [9.17, 15) is 9.59 Å². The van der Waals surface area contributed by atoms with E-state index in [1.165, 1.54) is 19.3 Å². The molecule has 0 spiro atoms. The van der Waals surface area contributed by atoms with E-state index in [0.29, 0.717) is 24.6 Å². The monoisotopic (exact) mass is 360 g/mol. The molecule has 1 saturated carbocycles. The lowest BCUT2D eigenvalue weighted by Gasteiger charge is -2.32. The quantitative estimate of drug-likeness (QED) is 0.815. The van der Waals surface area contributed by atoms with E-state index in [4.69, 9.17) is 9.84 Å². The highest BCUT2D eigenvalue weighted by Gasteiger charge is 2.24. The summed E-state index contributed by atoms with van der Waals surface area (Å²) < 4.78 is 5.67. The van der Waals surface area contributed by atoms with Gasteiger partial charge in [0.2, 0.25) is 0 Å². The van der Waals surface area contributed by atoms with Crippen LogP contribution in [0, 0.1) is 5.92 Å². The molecule has 26 heavy (non-hydrogen) atoms. The number of carbonyl (C=O) groups excluding carboxylic acids is 1. The van der Waals surface area contributed by atoms with Crippen molar-refractivity contribution < 1.29 is 19.4 Å². The van der Waals surface area contributed by atoms with Gasteiger partial charge in [-0.25, -0.2) is 0 Å². The summed E-state index contributed by atoms with van der Waals surface area (Å²) in [7, 11) is 0. The largest absolute Gasteiger partial charge is 0.484 e. The normalized spacial score (nSPS) is 19.2. The molecule has 0 atom stereocenters. The lowest BCUT2D eigenvalue weighted by atomic mass is 9.95. The maximum atomic E-state index is 12.1. The number of hydrogen-bond donors (Lipinski definition) is 2. The number of anilines is 1. The number of carboxylic acid groups (broad SMARTS) is 1. The summed E-state index contributed by atoms with van der Waals surface area (Å²) in [5, 5.41) is 12.2. The summed E-state index contributed by atoms with van der Waals surface area (Å²) in [6, 6.07) is 7.97. The number of aliphatic carboxylic acids is 1. The second kappa shape index (κ2) is 8.92. The molecule has 6 heteroatoms. The molecule has 1 saturated heterocycles. The number of ether oxygens (including phenoxy) is 1. The van der Waals surface area contributed by atoms with Crippen LogP contribution in [0.4, 0.5) is 5.69 Å². The van der Waals surface area contributed by atoms with Crippen LogP contribution < -0.4 is 15.0 Å². The van der Waals surface area contributed by atoms with Gasteiger partial charge in [0.1, 0.15) is 5.75 Å². The molecule has 1 aliphatic carbocycles. The third kappa shape index (κ3) is 5.13. The highest BCUT2D eigenvalue weighted by Crippen LogP contribution is 2.26. The van der Waals surface area contributed by atoms with E-state index in [1.807, 2.05) is 24.3 Å². The van der Waals surface area contributed by atoms with Crippen LogP contribution in [0.3, 0.4) is 0 Å². The van der Waals surface area contributed by atoms with E-state index in [0.717, 1.165) is 31.6 Å². The van der Waals surface area contributed by atoms with Gasteiger partial charge in [0, 0.05) is 30.9 Å². The van der Waals surface area contributed by atoms with E-state index >= 15 is 0 Å². The second-order valence-corrected chi connectivity index (χ2v) is 7.29. The first kappa shape index (κ1) is 18.5. The lowest BCUT2D eigenvalue weighted by molar-refractivity contribution is -0.142. The standard InChI is InChI=1S/C20H28N2O4/c23-19(21-16-5-2-1-3-6-16)14-26-18-8-4-7-17(13-18)22-11-9-15(10-12-22)20(24)25/h4,7-8,13,15-16H,1-3,5-6,9-12,14H2,(H,21,23)(H,24,25). The first-order valence-corrected chi connectivity index (χ1v) is 9.62. The summed E-state index contributed by atoms with van der Waals surface area (Å²) >= 11 is 0. The highest BCUT2D eigenvalue weighted by molar-refractivity contribution is 5.77. The molecule has 6 nitrogen and oxygen atoms in total. The average Bonchev–Trinajstić information content (AvgIpc) is 2.67. The number of rotatable bonds is 6. The molecule has 0 radical (unpaired) electrons. The average molecular weight is 360 g/mol. The number of carbonyl (C=O) groups is 2. The number of hydrogen-bond acceptors (Lipinski definition) is 4. The van der Waals surface area contributed by atoms with Crippen LogP contribution in [0.25, 0.3) is 0 Å². The Labute approximate surface area is 154 Å². The third-order valence-corrected chi connectivity index (χ3v) is 5.37. The van der Waals surface area contributed by atoms with Gasteiger partial charge >= 0.3 is 5.97 Å². The topological polar surface area (TPSA) is 78.9 Å². The minimum atomic E-state index is -0.703. The molecule has 0 unspecified atom stereocenters. The van der Waals surface area contributed by atoms with Crippen molar-refractivity contribution in [2.75, 3.05) is 24.6 Å². The Balaban J connectivity index is 1.48. The maximum Gasteiger partial charge on any atom is 0.306 e. The van der Waals surface area contributed by atoms with Crippen molar-refractivity contribution in [1.29, 1.82) is 0 Å². The van der Waals surface area contributed by atoms with Crippen LogP contribution in [0.5, 0.6) is 5.75 Å². The third-order valence-electron chi connectivity index (χ3n) is 5.37. The minimum Gasteiger partial charge on any atom is -0.484 e. The number of nitrogens with zero attached hydrogens (tertiary/aromatic N) is 1. The Morgan fingerprint density at radius 2 is 1.85 bits per heavy atom. The molecule has 2 aliphatic rings. The Morgan fingerprint density at radius 3 is 2.54 bits per heavy atom. The Hall–Kier alpha value is -2.24. The molecule has 1 aliphatic heterocycles. The number of piperidine rings is 1. The second-order valence-electron chi connectivity index (χ2n) is 7.29. The van der Waals surface area contributed by atoms with Crippen molar-refractivity contribution in [3.8, 4) is 5.75 Å². The molecule has 1 aromatic rings. The van der Waals surface area contributed by atoms with Gasteiger partial charge in [0.05, 0.1) is 5.92 Å². The SMILES string of the molecule is O=C(COc1cccc(N2CCC(C(=O)O)CC2)c1)NC1CCCCC1. The summed E-state index contributed by atoms with van der Waals surface area (Å²) in [6.07, 6.45) is 7.08. The number of amides is 1. The molecule has 2 N–H and O–H groups in total. The first-order valence-electron chi connectivity index (χ1n) is 9.62.